The molecule has 2 aliphatic rings. The molecular formula is C19H24F2N8O2. The Hall–Kier alpha value is -3.09. The summed E-state index contributed by atoms with van der Waals surface area (Å²) in [7, 11) is 0. The molecule has 2 atom stereocenters. The van der Waals surface area contributed by atoms with Gasteiger partial charge in [0.1, 0.15) is 11.7 Å². The number of hydroxylamine groups is 1. The standard InChI is InChI=1S/C19H24F2N8O2/c1-11-14(27-31-26-11)10-29(23)17-15(22)16(28-8-7-13(30)9-28)24-18(25-17)19(20,21)12-5-3-2-4-6-12/h2-6,13-14,27,30H,7-10,22-23H2,1H3. The maximum atomic E-state index is 15.3. The SMILES string of the molecule is CC1=NONC1CN(N)c1nc(C(F)(F)c2ccccc2)nc(N2CCC(O)C2)c1N. The molecule has 166 valence electrons. The number of oxime groups is 1. The molecule has 6 N–H and O–H groups in total. The highest BCUT2D eigenvalue weighted by atomic mass is 19.3. The van der Waals surface area contributed by atoms with E-state index in [0.717, 1.165) is 0 Å². The van der Waals surface area contributed by atoms with Crippen LogP contribution in [0.1, 0.15) is 24.7 Å². The molecule has 1 fully saturated rings. The Bertz CT molecular complexity index is 975. The number of alkyl halides is 2. The average Bonchev–Trinajstić information content (AvgIpc) is 3.36. The molecule has 1 aromatic carbocycles. The van der Waals surface area contributed by atoms with Crippen LogP contribution in [0.25, 0.3) is 0 Å². The third kappa shape index (κ3) is 4.09. The van der Waals surface area contributed by atoms with E-state index in [4.69, 9.17) is 16.5 Å². The lowest BCUT2D eigenvalue weighted by Gasteiger charge is -2.27. The van der Waals surface area contributed by atoms with Crippen molar-refractivity contribution in [3.63, 3.8) is 0 Å². The summed E-state index contributed by atoms with van der Waals surface area (Å²) in [6.45, 7) is 2.51. The van der Waals surface area contributed by atoms with Crippen LogP contribution < -0.4 is 27.0 Å². The first-order valence-corrected chi connectivity index (χ1v) is 9.80. The molecular weight excluding hydrogens is 410 g/mol. The third-order valence-corrected chi connectivity index (χ3v) is 5.33. The first-order chi connectivity index (χ1) is 14.8. The molecule has 3 heterocycles. The van der Waals surface area contributed by atoms with Gasteiger partial charge in [0, 0.05) is 18.7 Å². The summed E-state index contributed by atoms with van der Waals surface area (Å²) < 4.78 is 30.7. The van der Waals surface area contributed by atoms with E-state index in [-0.39, 0.29) is 42.0 Å². The molecule has 1 aromatic heterocycles. The number of hydrazine groups is 1. The Morgan fingerprint density at radius 3 is 2.68 bits per heavy atom. The number of nitrogens with zero attached hydrogens (tertiary/aromatic N) is 5. The normalized spacial score (nSPS) is 21.2. The molecule has 10 nitrogen and oxygen atoms in total. The summed E-state index contributed by atoms with van der Waals surface area (Å²) >= 11 is 0. The fraction of sp³-hybridized carbons (Fsp3) is 0.421. The first kappa shape index (κ1) is 21.2. The van der Waals surface area contributed by atoms with E-state index in [1.54, 1.807) is 17.9 Å². The van der Waals surface area contributed by atoms with Gasteiger partial charge < -0.3 is 15.7 Å². The molecule has 0 bridgehead atoms. The van der Waals surface area contributed by atoms with E-state index in [2.05, 4.69) is 20.6 Å². The number of nitrogens with one attached hydrogen (secondary N) is 1. The van der Waals surface area contributed by atoms with Crippen LogP contribution in [0, 0.1) is 0 Å². The summed E-state index contributed by atoms with van der Waals surface area (Å²) in [5.74, 6) is 2.05. The van der Waals surface area contributed by atoms with Gasteiger partial charge in [-0.15, -0.1) is 5.48 Å². The van der Waals surface area contributed by atoms with Crippen molar-refractivity contribution < 1.29 is 18.8 Å². The minimum Gasteiger partial charge on any atom is -0.393 e. The van der Waals surface area contributed by atoms with E-state index < -0.39 is 17.9 Å². The Morgan fingerprint density at radius 2 is 2.06 bits per heavy atom. The average molecular weight is 434 g/mol. The summed E-state index contributed by atoms with van der Waals surface area (Å²) in [6.07, 6.45) is -0.113. The molecule has 0 aliphatic carbocycles. The zero-order valence-corrected chi connectivity index (χ0v) is 16.9. The monoisotopic (exact) mass is 434 g/mol. The molecule has 2 aliphatic heterocycles. The predicted octanol–water partition coefficient (Wildman–Crippen LogP) is 0.729. The smallest absolute Gasteiger partial charge is 0.331 e. The largest absolute Gasteiger partial charge is 0.393 e. The summed E-state index contributed by atoms with van der Waals surface area (Å²) in [6, 6.07) is 6.92. The molecule has 31 heavy (non-hydrogen) atoms. The van der Waals surface area contributed by atoms with Crippen molar-refractivity contribution in [3.05, 3.63) is 41.7 Å². The summed E-state index contributed by atoms with van der Waals surface area (Å²) in [4.78, 5) is 14.6. The van der Waals surface area contributed by atoms with Gasteiger partial charge in [-0.3, -0.25) is 9.95 Å². The van der Waals surface area contributed by atoms with Crippen molar-refractivity contribution in [2.24, 2.45) is 11.0 Å². The first-order valence-electron chi connectivity index (χ1n) is 9.80. The van der Waals surface area contributed by atoms with Crippen LogP contribution in [-0.2, 0) is 10.9 Å². The number of nitrogens with two attached hydrogens (primary N) is 2. The van der Waals surface area contributed by atoms with E-state index in [9.17, 15) is 5.11 Å². The highest BCUT2D eigenvalue weighted by molar-refractivity contribution is 5.88. The third-order valence-electron chi connectivity index (χ3n) is 5.33. The number of hydrogen-bond acceptors (Lipinski definition) is 10. The van der Waals surface area contributed by atoms with Gasteiger partial charge in [0.2, 0.25) is 5.82 Å². The summed E-state index contributed by atoms with van der Waals surface area (Å²) in [5, 5.41) is 14.9. The topological polar surface area (TPSA) is 138 Å². The van der Waals surface area contributed by atoms with Crippen LogP contribution in [0.4, 0.5) is 26.1 Å². The van der Waals surface area contributed by atoms with Crippen LogP contribution >= 0.6 is 0 Å². The second-order valence-corrected chi connectivity index (χ2v) is 7.58. The van der Waals surface area contributed by atoms with Gasteiger partial charge in [0.15, 0.2) is 11.6 Å². The van der Waals surface area contributed by atoms with Gasteiger partial charge in [-0.1, -0.05) is 35.5 Å². The van der Waals surface area contributed by atoms with E-state index >= 15 is 8.78 Å². The van der Waals surface area contributed by atoms with Crippen molar-refractivity contribution in [3.8, 4) is 0 Å². The Balaban J connectivity index is 1.76. The minimum absolute atomic E-state index is 0.0431. The van der Waals surface area contributed by atoms with Crippen LogP contribution in [0.15, 0.2) is 35.5 Å². The molecule has 0 spiro atoms. The van der Waals surface area contributed by atoms with Crippen molar-refractivity contribution >= 4 is 23.0 Å². The van der Waals surface area contributed by atoms with E-state index in [1.807, 2.05) is 0 Å². The fourth-order valence-corrected chi connectivity index (χ4v) is 3.52. The number of hydrogen-bond donors (Lipinski definition) is 4. The number of aliphatic hydroxyl groups is 1. The highest BCUT2D eigenvalue weighted by Crippen LogP contribution is 2.38. The number of rotatable bonds is 6. The quantitative estimate of drug-likeness (QED) is 0.383. The van der Waals surface area contributed by atoms with Gasteiger partial charge in [-0.2, -0.15) is 8.78 Å². The van der Waals surface area contributed by atoms with Gasteiger partial charge in [0.25, 0.3) is 0 Å². The zero-order chi connectivity index (χ0) is 22.2. The lowest BCUT2D eigenvalue weighted by atomic mass is 10.1. The lowest BCUT2D eigenvalue weighted by molar-refractivity contribution is 0.0330. The Morgan fingerprint density at radius 1 is 1.32 bits per heavy atom. The number of nitrogen functional groups attached to an aromatic ring is 1. The molecule has 1 saturated heterocycles. The lowest BCUT2D eigenvalue weighted by Crippen LogP contribution is -2.46. The number of benzene rings is 1. The van der Waals surface area contributed by atoms with E-state index in [1.165, 1.54) is 29.3 Å². The molecule has 0 amide bonds. The maximum absolute atomic E-state index is 15.3. The minimum atomic E-state index is -3.48. The number of aromatic nitrogens is 2. The van der Waals surface area contributed by atoms with Crippen LogP contribution in [0.3, 0.4) is 0 Å². The van der Waals surface area contributed by atoms with Crippen LogP contribution in [-0.4, -0.2) is 52.6 Å². The van der Waals surface area contributed by atoms with Crippen molar-refractivity contribution in [1.82, 2.24) is 15.4 Å². The van der Waals surface area contributed by atoms with E-state index in [0.29, 0.717) is 18.7 Å². The Kier molecular flexibility index (Phi) is 5.60. The predicted molar refractivity (Wildman–Crippen MR) is 111 cm³/mol. The second kappa shape index (κ2) is 8.21. The van der Waals surface area contributed by atoms with Crippen LogP contribution in [0.5, 0.6) is 0 Å². The highest BCUT2D eigenvalue weighted by Gasteiger charge is 2.40. The number of β-amino-alcohol motifs (C(OH)–C–C–N with tert-alkyl or cyclic N) is 1. The van der Waals surface area contributed by atoms with Crippen molar-refractivity contribution in [1.29, 1.82) is 0 Å². The molecule has 2 unspecified atom stereocenters. The second-order valence-electron chi connectivity index (χ2n) is 7.58. The zero-order valence-electron chi connectivity index (χ0n) is 16.9. The molecule has 0 saturated carbocycles. The maximum Gasteiger partial charge on any atom is 0.331 e. The molecule has 0 radical (unpaired) electrons. The summed E-state index contributed by atoms with van der Waals surface area (Å²) in [5.41, 5.74) is 9.38. The van der Waals surface area contributed by atoms with Gasteiger partial charge in [-0.05, 0) is 13.3 Å². The molecule has 12 heteroatoms. The molecule has 4 rings (SSSR count). The Labute approximate surface area is 177 Å². The van der Waals surface area contributed by atoms with Crippen molar-refractivity contribution in [2.75, 3.05) is 35.3 Å². The van der Waals surface area contributed by atoms with Gasteiger partial charge in [-0.25, -0.2) is 15.8 Å². The number of aliphatic hydroxyl groups excluding tert-OH is 1. The number of anilines is 3. The van der Waals surface area contributed by atoms with Crippen LogP contribution in [0.2, 0.25) is 0 Å². The van der Waals surface area contributed by atoms with Gasteiger partial charge in [0.05, 0.1) is 18.4 Å². The van der Waals surface area contributed by atoms with Gasteiger partial charge >= 0.3 is 5.92 Å². The fourth-order valence-electron chi connectivity index (χ4n) is 3.52. The van der Waals surface area contributed by atoms with Crippen molar-refractivity contribution in [2.45, 2.75) is 31.4 Å². The molecule has 2 aromatic rings. The number of halogens is 2.